The van der Waals surface area contributed by atoms with Crippen LogP contribution in [0.5, 0.6) is 5.75 Å². The van der Waals surface area contributed by atoms with Gasteiger partial charge in [0.1, 0.15) is 23.7 Å². The summed E-state index contributed by atoms with van der Waals surface area (Å²) >= 11 is 0. The highest BCUT2D eigenvalue weighted by Gasteiger charge is 2.45. The van der Waals surface area contributed by atoms with Crippen LogP contribution in [0.3, 0.4) is 0 Å². The van der Waals surface area contributed by atoms with E-state index >= 15 is 0 Å². The van der Waals surface area contributed by atoms with Gasteiger partial charge in [0.15, 0.2) is 5.96 Å². The number of aliphatic imine (C=N–C) groups is 1. The normalized spacial score (nSPS) is 31.3. The van der Waals surface area contributed by atoms with E-state index in [1.54, 1.807) is 4.90 Å². The highest BCUT2D eigenvalue weighted by atomic mass is 16.5. The molecule has 5 N–H and O–H groups in total. The van der Waals surface area contributed by atoms with Crippen molar-refractivity contribution in [1.29, 1.82) is 0 Å². The summed E-state index contributed by atoms with van der Waals surface area (Å²) in [4.78, 5) is 19.6. The lowest BCUT2D eigenvalue weighted by Crippen LogP contribution is -2.53. The molecule has 0 fully saturated rings. The number of ether oxygens (including phenoxy) is 1. The van der Waals surface area contributed by atoms with Crippen molar-refractivity contribution in [2.24, 2.45) is 16.6 Å². The Morgan fingerprint density at radius 3 is 2.65 bits per heavy atom. The minimum absolute atomic E-state index is 0.0187. The molecule has 37 heavy (non-hydrogen) atoms. The molecule has 1 amide bonds. The van der Waals surface area contributed by atoms with Gasteiger partial charge in [0, 0.05) is 5.56 Å². The SMILES string of the molecule is CC[C@]1(C)CC(=O)N([C@H]2c3cc(C(O)N[C@@H]4c5ccccc5OC(C)(C)[C@H]4O)ccc3CC2C)C(N)=N1. The first-order chi connectivity index (χ1) is 17.4. The van der Waals surface area contributed by atoms with Crippen molar-refractivity contribution in [2.75, 3.05) is 0 Å². The van der Waals surface area contributed by atoms with Crippen molar-refractivity contribution in [3.8, 4) is 5.75 Å². The van der Waals surface area contributed by atoms with Gasteiger partial charge in [-0.1, -0.05) is 44.2 Å². The molecule has 0 aromatic heterocycles. The lowest BCUT2D eigenvalue weighted by atomic mass is 9.86. The zero-order valence-corrected chi connectivity index (χ0v) is 22.2. The number of hydrogen-bond donors (Lipinski definition) is 4. The largest absolute Gasteiger partial charge is 0.485 e. The van der Waals surface area contributed by atoms with Gasteiger partial charge in [0.05, 0.1) is 24.0 Å². The van der Waals surface area contributed by atoms with Gasteiger partial charge >= 0.3 is 0 Å². The summed E-state index contributed by atoms with van der Waals surface area (Å²) in [6.45, 7) is 9.76. The van der Waals surface area contributed by atoms with E-state index in [-0.39, 0.29) is 23.8 Å². The van der Waals surface area contributed by atoms with Crippen molar-refractivity contribution in [3.05, 3.63) is 64.7 Å². The Kier molecular flexibility index (Phi) is 6.33. The molecule has 2 heterocycles. The van der Waals surface area contributed by atoms with Crippen molar-refractivity contribution in [2.45, 2.75) is 89.4 Å². The number of aliphatic hydroxyl groups is 2. The molecule has 5 rings (SSSR count). The van der Waals surface area contributed by atoms with Crippen LogP contribution in [0.4, 0.5) is 0 Å². The van der Waals surface area contributed by atoms with E-state index in [0.717, 1.165) is 29.5 Å². The Bertz CT molecular complexity index is 1240. The van der Waals surface area contributed by atoms with E-state index in [0.29, 0.717) is 17.7 Å². The number of carbonyl (C=O) groups is 1. The molecule has 0 saturated carbocycles. The topological polar surface area (TPSA) is 120 Å². The Morgan fingerprint density at radius 1 is 1.22 bits per heavy atom. The van der Waals surface area contributed by atoms with Crippen LogP contribution in [0.15, 0.2) is 47.5 Å². The summed E-state index contributed by atoms with van der Waals surface area (Å²) in [6.07, 6.45) is -0.0521. The van der Waals surface area contributed by atoms with Crippen LogP contribution in [0, 0.1) is 5.92 Å². The first kappa shape index (κ1) is 25.7. The fraction of sp³-hybridized carbons (Fsp3) is 0.517. The minimum atomic E-state index is -1.05. The molecule has 3 aliphatic rings. The van der Waals surface area contributed by atoms with E-state index in [9.17, 15) is 15.0 Å². The maximum atomic E-state index is 13.3. The molecular weight excluding hydrogens is 468 g/mol. The molecule has 2 aliphatic heterocycles. The molecule has 8 nitrogen and oxygen atoms in total. The Labute approximate surface area is 218 Å². The molecule has 198 valence electrons. The molecule has 0 bridgehead atoms. The van der Waals surface area contributed by atoms with Crippen molar-refractivity contribution >= 4 is 11.9 Å². The summed E-state index contributed by atoms with van der Waals surface area (Å²) < 4.78 is 6.01. The van der Waals surface area contributed by atoms with Crippen LogP contribution in [0.1, 0.15) is 88.0 Å². The standard InChI is InChI=1S/C29H38N4O4/c1-6-29(5)15-22(34)33(27(30)32-29)24-16(2)13-17-11-12-18(14-20(17)24)26(36)31-23-19-9-7-8-10-21(19)37-28(3,4)25(23)35/h7-12,14,16,23-26,31,35-36H,6,13,15H2,1-5H3,(H2,30,32)/t16?,23-,24-,25+,26?,29-/m1/s1. The average Bonchev–Trinajstić information content (AvgIpc) is 3.16. The monoisotopic (exact) mass is 506 g/mol. The number of benzene rings is 2. The lowest BCUT2D eigenvalue weighted by molar-refractivity contribution is -0.132. The van der Waals surface area contributed by atoms with Crippen LogP contribution in [0.25, 0.3) is 0 Å². The predicted molar refractivity (Wildman–Crippen MR) is 142 cm³/mol. The number of para-hydroxylation sites is 1. The molecule has 0 spiro atoms. The fourth-order valence-corrected chi connectivity index (χ4v) is 6.01. The van der Waals surface area contributed by atoms with Crippen LogP contribution >= 0.6 is 0 Å². The number of fused-ring (bicyclic) bond motifs is 2. The number of rotatable bonds is 5. The number of hydrogen-bond acceptors (Lipinski definition) is 7. The third kappa shape index (κ3) is 4.41. The zero-order chi connectivity index (χ0) is 26.7. The van der Waals surface area contributed by atoms with Crippen LogP contribution in [-0.2, 0) is 11.2 Å². The molecule has 2 unspecified atom stereocenters. The second kappa shape index (κ2) is 9.11. The molecule has 0 saturated heterocycles. The highest BCUT2D eigenvalue weighted by Crippen LogP contribution is 2.44. The van der Waals surface area contributed by atoms with E-state index in [1.807, 2.05) is 70.2 Å². The Morgan fingerprint density at radius 2 is 1.95 bits per heavy atom. The Balaban J connectivity index is 1.45. The maximum Gasteiger partial charge on any atom is 0.232 e. The number of nitrogens with two attached hydrogens (primary N) is 1. The van der Waals surface area contributed by atoms with Gasteiger partial charge in [-0.15, -0.1) is 0 Å². The number of aliphatic hydroxyl groups excluding tert-OH is 2. The van der Waals surface area contributed by atoms with Crippen LogP contribution < -0.4 is 15.8 Å². The summed E-state index contributed by atoms with van der Waals surface area (Å²) in [5, 5.41) is 25.6. The van der Waals surface area contributed by atoms with Gasteiger partial charge in [-0.25, -0.2) is 4.99 Å². The first-order valence-electron chi connectivity index (χ1n) is 13.1. The minimum Gasteiger partial charge on any atom is -0.485 e. The lowest BCUT2D eigenvalue weighted by Gasteiger charge is -2.43. The third-order valence-corrected chi connectivity index (χ3v) is 8.35. The second-order valence-corrected chi connectivity index (χ2v) is 11.6. The van der Waals surface area contributed by atoms with E-state index in [2.05, 4.69) is 12.2 Å². The summed E-state index contributed by atoms with van der Waals surface area (Å²) in [5.74, 6) is 1.08. The smallest absolute Gasteiger partial charge is 0.232 e. The molecule has 2 aromatic carbocycles. The summed E-state index contributed by atoms with van der Waals surface area (Å²) in [7, 11) is 0. The molecular formula is C29H38N4O4. The molecule has 1 aliphatic carbocycles. The van der Waals surface area contributed by atoms with Gasteiger partial charge in [0.25, 0.3) is 0 Å². The zero-order valence-electron chi connectivity index (χ0n) is 22.2. The number of amides is 1. The summed E-state index contributed by atoms with van der Waals surface area (Å²) in [6, 6.07) is 12.6. The number of carbonyl (C=O) groups excluding carboxylic acids is 1. The predicted octanol–water partition coefficient (Wildman–Crippen LogP) is 3.49. The number of nitrogens with zero attached hydrogens (tertiary/aromatic N) is 2. The quantitative estimate of drug-likeness (QED) is 0.461. The van der Waals surface area contributed by atoms with Gasteiger partial charge in [-0.3, -0.25) is 15.0 Å². The maximum absolute atomic E-state index is 13.3. The van der Waals surface area contributed by atoms with Crippen LogP contribution in [-0.4, -0.2) is 44.2 Å². The van der Waals surface area contributed by atoms with E-state index in [4.69, 9.17) is 15.5 Å². The Hall–Kier alpha value is -2.94. The molecule has 8 heteroatoms. The van der Waals surface area contributed by atoms with Gasteiger partial charge in [-0.05, 0) is 68.4 Å². The molecule has 2 aromatic rings. The number of guanidine groups is 1. The van der Waals surface area contributed by atoms with Gasteiger partial charge in [0.2, 0.25) is 5.91 Å². The van der Waals surface area contributed by atoms with Crippen molar-refractivity contribution in [3.63, 3.8) is 0 Å². The van der Waals surface area contributed by atoms with Crippen molar-refractivity contribution in [1.82, 2.24) is 10.2 Å². The second-order valence-electron chi connectivity index (χ2n) is 11.6. The average molecular weight is 507 g/mol. The third-order valence-electron chi connectivity index (χ3n) is 8.35. The van der Waals surface area contributed by atoms with E-state index in [1.165, 1.54) is 0 Å². The van der Waals surface area contributed by atoms with Gasteiger partial charge in [-0.2, -0.15) is 0 Å². The summed E-state index contributed by atoms with van der Waals surface area (Å²) in [5.41, 5.74) is 8.64. The molecule has 6 atom stereocenters. The number of nitrogens with one attached hydrogen (secondary N) is 1. The fourth-order valence-electron chi connectivity index (χ4n) is 6.01. The van der Waals surface area contributed by atoms with Gasteiger partial charge < -0.3 is 20.7 Å². The first-order valence-corrected chi connectivity index (χ1v) is 13.1. The highest BCUT2D eigenvalue weighted by molar-refractivity contribution is 5.99. The van der Waals surface area contributed by atoms with Crippen LogP contribution in [0.2, 0.25) is 0 Å². The molecule has 0 radical (unpaired) electrons. The van der Waals surface area contributed by atoms with Crippen molar-refractivity contribution < 1.29 is 19.7 Å². The van der Waals surface area contributed by atoms with E-state index < -0.39 is 29.5 Å².